The fourth-order valence-electron chi connectivity index (χ4n) is 4.37. The summed E-state index contributed by atoms with van der Waals surface area (Å²) in [6, 6.07) is 3.20. The SMILES string of the molecule is CCCC(C)N1CCCCC(Nc2nccc(N3CCCCCC3)n2)C1. The fraction of sp³-hybridized carbons (Fsp3) is 0.810. The van der Waals surface area contributed by atoms with E-state index < -0.39 is 0 Å². The second-order valence-corrected chi connectivity index (χ2v) is 8.11. The fourth-order valence-corrected chi connectivity index (χ4v) is 4.37. The largest absolute Gasteiger partial charge is 0.356 e. The first-order valence-electron chi connectivity index (χ1n) is 10.8. The molecule has 0 radical (unpaired) electrons. The molecule has 2 aliphatic rings. The lowest BCUT2D eigenvalue weighted by molar-refractivity contribution is 0.201. The molecule has 146 valence electrons. The van der Waals surface area contributed by atoms with Crippen LogP contribution < -0.4 is 10.2 Å². The molecule has 0 amide bonds. The molecular weight excluding hydrogens is 322 g/mol. The van der Waals surface area contributed by atoms with Crippen molar-refractivity contribution in [2.24, 2.45) is 0 Å². The molecule has 0 spiro atoms. The molecule has 2 aliphatic heterocycles. The number of hydrogen-bond donors (Lipinski definition) is 1. The first kappa shape index (κ1) is 19.4. The maximum atomic E-state index is 4.85. The van der Waals surface area contributed by atoms with E-state index in [1.54, 1.807) is 0 Å². The van der Waals surface area contributed by atoms with Crippen LogP contribution in [0.2, 0.25) is 0 Å². The molecule has 5 heteroatoms. The number of nitrogens with zero attached hydrogens (tertiary/aromatic N) is 4. The smallest absolute Gasteiger partial charge is 0.224 e. The third kappa shape index (κ3) is 5.57. The number of anilines is 2. The molecule has 0 saturated carbocycles. The summed E-state index contributed by atoms with van der Waals surface area (Å²) in [6.07, 6.45) is 13.5. The monoisotopic (exact) mass is 359 g/mol. The van der Waals surface area contributed by atoms with Crippen LogP contribution in [0.5, 0.6) is 0 Å². The average molecular weight is 360 g/mol. The molecule has 26 heavy (non-hydrogen) atoms. The Bertz CT molecular complexity index is 527. The number of nitrogens with one attached hydrogen (secondary N) is 1. The average Bonchev–Trinajstić information content (AvgIpc) is 3.05. The van der Waals surface area contributed by atoms with Crippen LogP contribution in [-0.4, -0.2) is 53.1 Å². The van der Waals surface area contributed by atoms with Gasteiger partial charge in [0.05, 0.1) is 0 Å². The summed E-state index contributed by atoms with van der Waals surface area (Å²) < 4.78 is 0. The van der Waals surface area contributed by atoms with Crippen LogP contribution in [0.15, 0.2) is 12.3 Å². The lowest BCUT2D eigenvalue weighted by Gasteiger charge is -2.30. The van der Waals surface area contributed by atoms with Crippen LogP contribution in [0.3, 0.4) is 0 Å². The van der Waals surface area contributed by atoms with E-state index in [0.29, 0.717) is 12.1 Å². The summed E-state index contributed by atoms with van der Waals surface area (Å²) in [5, 5.41) is 3.65. The molecule has 2 atom stereocenters. The van der Waals surface area contributed by atoms with Crippen molar-refractivity contribution in [1.82, 2.24) is 14.9 Å². The van der Waals surface area contributed by atoms with Crippen molar-refractivity contribution >= 4 is 11.8 Å². The molecule has 1 N–H and O–H groups in total. The van der Waals surface area contributed by atoms with E-state index in [4.69, 9.17) is 4.98 Å². The maximum Gasteiger partial charge on any atom is 0.224 e. The molecule has 2 saturated heterocycles. The highest BCUT2D eigenvalue weighted by atomic mass is 15.2. The van der Waals surface area contributed by atoms with Crippen LogP contribution in [0.25, 0.3) is 0 Å². The summed E-state index contributed by atoms with van der Waals surface area (Å²) in [4.78, 5) is 14.5. The van der Waals surface area contributed by atoms with Gasteiger partial charge in [0.2, 0.25) is 5.95 Å². The van der Waals surface area contributed by atoms with Crippen molar-refractivity contribution in [2.75, 3.05) is 36.4 Å². The molecule has 0 aliphatic carbocycles. The van der Waals surface area contributed by atoms with Gasteiger partial charge in [0.15, 0.2) is 0 Å². The number of aromatic nitrogens is 2. The zero-order chi connectivity index (χ0) is 18.2. The molecule has 3 rings (SSSR count). The van der Waals surface area contributed by atoms with Crippen molar-refractivity contribution in [1.29, 1.82) is 0 Å². The van der Waals surface area contributed by atoms with Crippen LogP contribution >= 0.6 is 0 Å². The maximum absolute atomic E-state index is 4.85. The third-order valence-electron chi connectivity index (χ3n) is 5.94. The van der Waals surface area contributed by atoms with Crippen molar-refractivity contribution in [3.8, 4) is 0 Å². The zero-order valence-corrected chi connectivity index (χ0v) is 16.8. The van der Waals surface area contributed by atoms with Gasteiger partial charge in [-0.25, -0.2) is 4.98 Å². The Kier molecular flexibility index (Phi) is 7.54. The molecule has 3 heterocycles. The van der Waals surface area contributed by atoms with Crippen LogP contribution in [0.1, 0.15) is 71.6 Å². The molecular formula is C21H37N5. The first-order valence-corrected chi connectivity index (χ1v) is 10.8. The van der Waals surface area contributed by atoms with E-state index >= 15 is 0 Å². The van der Waals surface area contributed by atoms with Gasteiger partial charge in [-0.15, -0.1) is 0 Å². The molecule has 1 aromatic heterocycles. The Hall–Kier alpha value is -1.36. The molecule has 2 fully saturated rings. The zero-order valence-electron chi connectivity index (χ0n) is 16.8. The first-order chi connectivity index (χ1) is 12.8. The van der Waals surface area contributed by atoms with Crippen molar-refractivity contribution < 1.29 is 0 Å². The molecule has 1 aromatic rings. The summed E-state index contributed by atoms with van der Waals surface area (Å²) in [6.45, 7) is 9.26. The highest BCUT2D eigenvalue weighted by molar-refractivity contribution is 5.43. The van der Waals surface area contributed by atoms with Crippen LogP contribution in [0.4, 0.5) is 11.8 Å². The second kappa shape index (κ2) is 10.1. The van der Waals surface area contributed by atoms with Gasteiger partial charge in [-0.2, -0.15) is 4.98 Å². The predicted molar refractivity (Wildman–Crippen MR) is 110 cm³/mol. The van der Waals surface area contributed by atoms with Crippen molar-refractivity contribution in [2.45, 2.75) is 83.7 Å². The Balaban J connectivity index is 1.62. The lowest BCUT2D eigenvalue weighted by Crippen LogP contribution is -2.40. The number of likely N-dealkylation sites (tertiary alicyclic amines) is 1. The van der Waals surface area contributed by atoms with E-state index in [2.05, 4.69) is 40.0 Å². The van der Waals surface area contributed by atoms with Gasteiger partial charge in [-0.05, 0) is 51.6 Å². The van der Waals surface area contributed by atoms with E-state index in [9.17, 15) is 0 Å². The third-order valence-corrected chi connectivity index (χ3v) is 5.94. The van der Waals surface area contributed by atoms with Gasteiger partial charge >= 0.3 is 0 Å². The van der Waals surface area contributed by atoms with E-state index in [1.807, 2.05) is 6.20 Å². The normalized spacial score (nSPS) is 23.9. The molecule has 5 nitrogen and oxygen atoms in total. The van der Waals surface area contributed by atoms with Crippen molar-refractivity contribution in [3.63, 3.8) is 0 Å². The van der Waals surface area contributed by atoms with Gasteiger partial charge in [0, 0.05) is 37.9 Å². The Morgan fingerprint density at radius 2 is 1.88 bits per heavy atom. The standard InChI is InChI=1S/C21H37N5/c1-3-10-18(2)26-16-9-6-11-19(17-26)23-21-22-13-12-20(24-21)25-14-7-4-5-8-15-25/h12-13,18-19H,3-11,14-17H2,1-2H3,(H,22,23,24). The summed E-state index contributed by atoms with van der Waals surface area (Å²) >= 11 is 0. The summed E-state index contributed by atoms with van der Waals surface area (Å²) in [5.41, 5.74) is 0. The Labute approximate surface area is 159 Å². The van der Waals surface area contributed by atoms with E-state index in [1.165, 1.54) is 64.3 Å². The molecule has 2 unspecified atom stereocenters. The topological polar surface area (TPSA) is 44.3 Å². The van der Waals surface area contributed by atoms with Gasteiger partial charge < -0.3 is 10.2 Å². The molecule has 0 bridgehead atoms. The van der Waals surface area contributed by atoms with E-state index in [0.717, 1.165) is 31.4 Å². The highest BCUT2D eigenvalue weighted by Crippen LogP contribution is 2.21. The van der Waals surface area contributed by atoms with Crippen LogP contribution in [0, 0.1) is 0 Å². The minimum absolute atomic E-state index is 0.455. The second-order valence-electron chi connectivity index (χ2n) is 8.11. The van der Waals surface area contributed by atoms with Gasteiger partial charge in [0.1, 0.15) is 5.82 Å². The Morgan fingerprint density at radius 1 is 1.12 bits per heavy atom. The minimum Gasteiger partial charge on any atom is -0.356 e. The van der Waals surface area contributed by atoms with Gasteiger partial charge in [-0.1, -0.05) is 32.6 Å². The number of rotatable bonds is 6. The quantitative estimate of drug-likeness (QED) is 0.820. The van der Waals surface area contributed by atoms with Crippen molar-refractivity contribution in [3.05, 3.63) is 12.3 Å². The predicted octanol–water partition coefficient (Wildman–Crippen LogP) is 4.31. The summed E-state index contributed by atoms with van der Waals surface area (Å²) in [7, 11) is 0. The Morgan fingerprint density at radius 3 is 2.65 bits per heavy atom. The van der Waals surface area contributed by atoms with Gasteiger partial charge in [-0.3, -0.25) is 4.90 Å². The van der Waals surface area contributed by atoms with E-state index in [-0.39, 0.29) is 0 Å². The lowest BCUT2D eigenvalue weighted by atomic mass is 10.1. The number of hydrogen-bond acceptors (Lipinski definition) is 5. The molecule has 0 aromatic carbocycles. The van der Waals surface area contributed by atoms with Gasteiger partial charge in [0.25, 0.3) is 0 Å². The summed E-state index contributed by atoms with van der Waals surface area (Å²) in [5.74, 6) is 1.90. The van der Waals surface area contributed by atoms with Crippen LogP contribution in [-0.2, 0) is 0 Å². The minimum atomic E-state index is 0.455. The highest BCUT2D eigenvalue weighted by Gasteiger charge is 2.22.